The molecule has 0 fully saturated rings. The summed E-state index contributed by atoms with van der Waals surface area (Å²) >= 11 is 13.4. The monoisotopic (exact) mass is 377 g/mol. The van der Waals surface area contributed by atoms with Gasteiger partial charge in [-0.25, -0.2) is 9.97 Å². The average Bonchev–Trinajstić information content (AvgIpc) is 2.58. The quantitative estimate of drug-likeness (QED) is 0.510. The highest BCUT2D eigenvalue weighted by molar-refractivity contribution is 8.00. The molecule has 0 aliphatic heterocycles. The van der Waals surface area contributed by atoms with Crippen LogP contribution in [0, 0.1) is 0 Å². The van der Waals surface area contributed by atoms with Crippen LogP contribution in [0.4, 0.5) is 5.69 Å². The van der Waals surface area contributed by atoms with Crippen LogP contribution >= 0.6 is 35.0 Å². The first-order valence-corrected chi connectivity index (χ1v) is 8.80. The SMILES string of the molecule is C[C@H](Sc1ncnc2ccccc12)C(=O)Nc1cc(Cl)ccc1Cl. The van der Waals surface area contributed by atoms with Gasteiger partial charge in [-0.05, 0) is 31.2 Å². The Morgan fingerprint density at radius 2 is 1.96 bits per heavy atom. The highest BCUT2D eigenvalue weighted by Crippen LogP contribution is 2.30. The van der Waals surface area contributed by atoms with E-state index in [0.29, 0.717) is 15.7 Å². The van der Waals surface area contributed by atoms with Gasteiger partial charge < -0.3 is 5.32 Å². The van der Waals surface area contributed by atoms with Crippen LogP contribution in [0.3, 0.4) is 0 Å². The van der Waals surface area contributed by atoms with Gasteiger partial charge in [0.15, 0.2) is 0 Å². The van der Waals surface area contributed by atoms with Crippen molar-refractivity contribution < 1.29 is 4.79 Å². The molecule has 0 saturated heterocycles. The fraction of sp³-hybridized carbons (Fsp3) is 0.118. The molecule has 0 aliphatic rings. The van der Waals surface area contributed by atoms with Gasteiger partial charge in [0.05, 0.1) is 21.5 Å². The first kappa shape index (κ1) is 17.0. The Kier molecular flexibility index (Phi) is 5.23. The molecule has 0 spiro atoms. The maximum absolute atomic E-state index is 12.4. The predicted octanol–water partition coefficient (Wildman–Crippen LogP) is 5.06. The van der Waals surface area contributed by atoms with E-state index in [4.69, 9.17) is 23.2 Å². The van der Waals surface area contributed by atoms with Gasteiger partial charge in [0.2, 0.25) is 5.91 Å². The Bertz CT molecular complexity index is 899. The number of carbonyl (C=O) groups excluding carboxylic acids is 1. The van der Waals surface area contributed by atoms with Gasteiger partial charge in [-0.15, -0.1) is 0 Å². The molecule has 0 radical (unpaired) electrons. The number of hydrogen-bond donors (Lipinski definition) is 1. The molecule has 1 atom stereocenters. The molecular weight excluding hydrogens is 365 g/mol. The molecule has 2 aromatic carbocycles. The lowest BCUT2D eigenvalue weighted by molar-refractivity contribution is -0.115. The van der Waals surface area contributed by atoms with Gasteiger partial charge in [0.1, 0.15) is 11.4 Å². The zero-order valence-corrected chi connectivity index (χ0v) is 15.0. The number of nitrogens with one attached hydrogen (secondary N) is 1. The molecule has 1 amide bonds. The number of carbonyl (C=O) groups is 1. The minimum atomic E-state index is -0.363. The standard InChI is InChI=1S/C17H13Cl2N3OS/c1-10(16(23)22-15-8-11(18)6-7-13(15)19)24-17-12-4-2-3-5-14(12)20-9-21-17/h2-10H,1H3,(H,22,23)/t10-/m0/s1. The first-order chi connectivity index (χ1) is 11.5. The zero-order valence-electron chi connectivity index (χ0n) is 12.7. The van der Waals surface area contributed by atoms with Crippen LogP contribution in [-0.4, -0.2) is 21.1 Å². The number of amides is 1. The summed E-state index contributed by atoms with van der Waals surface area (Å²) in [5.41, 5.74) is 1.34. The van der Waals surface area contributed by atoms with Gasteiger partial charge in [0.25, 0.3) is 0 Å². The summed E-state index contributed by atoms with van der Waals surface area (Å²) in [7, 11) is 0. The van der Waals surface area contributed by atoms with Crippen LogP contribution in [0.5, 0.6) is 0 Å². The molecule has 0 saturated carbocycles. The Morgan fingerprint density at radius 3 is 2.79 bits per heavy atom. The topological polar surface area (TPSA) is 54.9 Å². The second-order valence-corrected chi connectivity index (χ2v) is 7.24. The third-order valence-electron chi connectivity index (χ3n) is 3.35. The van der Waals surface area contributed by atoms with E-state index in [9.17, 15) is 4.79 Å². The van der Waals surface area contributed by atoms with Crippen molar-refractivity contribution in [3.63, 3.8) is 0 Å². The molecule has 24 heavy (non-hydrogen) atoms. The van der Waals surface area contributed by atoms with E-state index in [1.807, 2.05) is 31.2 Å². The van der Waals surface area contributed by atoms with Crippen LogP contribution in [0.2, 0.25) is 10.0 Å². The number of halogens is 2. The minimum absolute atomic E-state index is 0.174. The number of benzene rings is 2. The largest absolute Gasteiger partial charge is 0.324 e. The van der Waals surface area contributed by atoms with Crippen molar-refractivity contribution in [3.8, 4) is 0 Å². The maximum Gasteiger partial charge on any atom is 0.237 e. The maximum atomic E-state index is 12.4. The summed E-state index contributed by atoms with van der Waals surface area (Å²) in [6.07, 6.45) is 1.50. The highest BCUT2D eigenvalue weighted by atomic mass is 35.5. The number of nitrogens with zero attached hydrogens (tertiary/aromatic N) is 2. The van der Waals surface area contributed by atoms with E-state index in [2.05, 4.69) is 15.3 Å². The Hall–Kier alpha value is -1.82. The number of aromatic nitrogens is 2. The number of hydrogen-bond acceptors (Lipinski definition) is 4. The molecule has 0 bridgehead atoms. The lowest BCUT2D eigenvalue weighted by Crippen LogP contribution is -2.22. The van der Waals surface area contributed by atoms with Gasteiger partial charge in [-0.2, -0.15) is 0 Å². The molecule has 7 heteroatoms. The average molecular weight is 378 g/mol. The molecule has 1 heterocycles. The first-order valence-electron chi connectivity index (χ1n) is 7.17. The van der Waals surface area contributed by atoms with E-state index in [1.165, 1.54) is 18.1 Å². The Balaban J connectivity index is 1.77. The number of anilines is 1. The number of fused-ring (bicyclic) bond motifs is 1. The molecule has 122 valence electrons. The minimum Gasteiger partial charge on any atom is -0.324 e. The fourth-order valence-electron chi connectivity index (χ4n) is 2.12. The Morgan fingerprint density at radius 1 is 1.17 bits per heavy atom. The van der Waals surface area contributed by atoms with Gasteiger partial charge >= 0.3 is 0 Å². The van der Waals surface area contributed by atoms with Gasteiger partial charge in [-0.3, -0.25) is 4.79 Å². The molecule has 0 aliphatic carbocycles. The van der Waals surface area contributed by atoms with E-state index >= 15 is 0 Å². The third-order valence-corrected chi connectivity index (χ3v) is 5.03. The molecular formula is C17H13Cl2N3OS. The van der Waals surface area contributed by atoms with E-state index in [0.717, 1.165) is 15.9 Å². The molecule has 3 aromatic rings. The van der Waals surface area contributed by atoms with Crippen molar-refractivity contribution in [2.24, 2.45) is 0 Å². The smallest absolute Gasteiger partial charge is 0.237 e. The fourth-order valence-corrected chi connectivity index (χ4v) is 3.37. The third kappa shape index (κ3) is 3.80. The summed E-state index contributed by atoms with van der Waals surface area (Å²) in [5, 5.41) is 5.08. The molecule has 1 aromatic heterocycles. The van der Waals surface area contributed by atoms with Gasteiger partial charge in [-0.1, -0.05) is 53.2 Å². The second kappa shape index (κ2) is 7.38. The van der Waals surface area contributed by atoms with E-state index < -0.39 is 0 Å². The predicted molar refractivity (Wildman–Crippen MR) is 99.9 cm³/mol. The molecule has 1 N–H and O–H groups in total. The van der Waals surface area contributed by atoms with Crippen molar-refractivity contribution in [1.29, 1.82) is 0 Å². The summed E-state index contributed by atoms with van der Waals surface area (Å²) in [4.78, 5) is 21.0. The second-order valence-electron chi connectivity index (χ2n) is 5.07. The number of rotatable bonds is 4. The Labute approximate surface area is 153 Å². The number of thioether (sulfide) groups is 1. The van der Waals surface area contributed by atoms with Crippen LogP contribution in [0.25, 0.3) is 10.9 Å². The van der Waals surface area contributed by atoms with Crippen molar-refractivity contribution in [3.05, 3.63) is 58.8 Å². The van der Waals surface area contributed by atoms with Crippen molar-refractivity contribution >= 4 is 57.5 Å². The van der Waals surface area contributed by atoms with Crippen molar-refractivity contribution in [2.45, 2.75) is 17.2 Å². The summed E-state index contributed by atoms with van der Waals surface area (Å²) in [5.74, 6) is -0.174. The molecule has 0 unspecified atom stereocenters. The summed E-state index contributed by atoms with van der Waals surface area (Å²) < 4.78 is 0. The normalized spacial score (nSPS) is 12.1. The van der Waals surface area contributed by atoms with Crippen LogP contribution < -0.4 is 5.32 Å². The molecule has 4 nitrogen and oxygen atoms in total. The van der Waals surface area contributed by atoms with Crippen molar-refractivity contribution in [2.75, 3.05) is 5.32 Å². The molecule has 3 rings (SSSR count). The lowest BCUT2D eigenvalue weighted by atomic mass is 10.2. The summed E-state index contributed by atoms with van der Waals surface area (Å²) in [6.45, 7) is 1.81. The van der Waals surface area contributed by atoms with Crippen LogP contribution in [0.15, 0.2) is 53.8 Å². The highest BCUT2D eigenvalue weighted by Gasteiger charge is 2.18. The van der Waals surface area contributed by atoms with E-state index in [1.54, 1.807) is 18.2 Å². The number of para-hydroxylation sites is 1. The van der Waals surface area contributed by atoms with E-state index in [-0.39, 0.29) is 11.2 Å². The van der Waals surface area contributed by atoms with Gasteiger partial charge in [0, 0.05) is 10.4 Å². The zero-order chi connectivity index (χ0) is 17.1. The summed E-state index contributed by atoms with van der Waals surface area (Å²) in [6, 6.07) is 12.6. The lowest BCUT2D eigenvalue weighted by Gasteiger charge is -2.13. The van der Waals surface area contributed by atoms with Crippen molar-refractivity contribution in [1.82, 2.24) is 9.97 Å². The van der Waals surface area contributed by atoms with Crippen LogP contribution in [0.1, 0.15) is 6.92 Å². The van der Waals surface area contributed by atoms with Crippen LogP contribution in [-0.2, 0) is 4.79 Å².